The largest absolute Gasteiger partial charge is 0.489 e. The fraction of sp³-hybridized carbons (Fsp3) is 0.286. The van der Waals surface area contributed by atoms with Gasteiger partial charge < -0.3 is 4.74 Å². The fourth-order valence-corrected chi connectivity index (χ4v) is 3.80. The zero-order valence-electron chi connectivity index (χ0n) is 15.5. The molecule has 0 aliphatic heterocycles. The number of carbonyl (C=O) groups excluding carboxylic acids is 1. The molecule has 140 valence electrons. The number of hydrogen-bond acceptors (Lipinski definition) is 5. The van der Waals surface area contributed by atoms with Crippen LogP contribution in [0.15, 0.2) is 54.6 Å². The van der Waals surface area contributed by atoms with Crippen LogP contribution in [0.4, 0.5) is 5.13 Å². The summed E-state index contributed by atoms with van der Waals surface area (Å²) >= 11 is 1.44. The van der Waals surface area contributed by atoms with Crippen LogP contribution in [-0.4, -0.2) is 16.1 Å². The van der Waals surface area contributed by atoms with Gasteiger partial charge in [-0.2, -0.15) is 0 Å². The lowest BCUT2D eigenvalue weighted by Gasteiger charge is -2.10. The Bertz CT molecular complexity index is 876. The van der Waals surface area contributed by atoms with Crippen molar-refractivity contribution in [2.75, 3.05) is 5.32 Å². The normalized spacial score (nSPS) is 10.8. The first-order chi connectivity index (χ1) is 13.2. The Morgan fingerprint density at radius 1 is 1.04 bits per heavy atom. The van der Waals surface area contributed by atoms with Crippen LogP contribution < -0.4 is 10.1 Å². The van der Waals surface area contributed by atoms with Crippen molar-refractivity contribution in [1.29, 1.82) is 0 Å². The molecule has 3 aromatic rings. The molecule has 0 unspecified atom stereocenters. The molecule has 0 aliphatic carbocycles. The van der Waals surface area contributed by atoms with Crippen LogP contribution in [0, 0.1) is 0 Å². The summed E-state index contributed by atoms with van der Waals surface area (Å²) in [5, 5.41) is 12.7. The van der Waals surface area contributed by atoms with Gasteiger partial charge in [0.1, 0.15) is 17.4 Å². The number of anilines is 1. The molecule has 1 aromatic heterocycles. The summed E-state index contributed by atoms with van der Waals surface area (Å²) < 4.78 is 5.79. The van der Waals surface area contributed by atoms with Crippen LogP contribution in [0.5, 0.6) is 5.75 Å². The molecule has 1 heterocycles. The molecule has 1 amide bonds. The van der Waals surface area contributed by atoms with E-state index in [0.29, 0.717) is 23.2 Å². The predicted octanol–water partition coefficient (Wildman–Crippen LogP) is 5.27. The van der Waals surface area contributed by atoms with E-state index in [2.05, 4.69) is 29.4 Å². The first-order valence-electron chi connectivity index (χ1n) is 9.11. The van der Waals surface area contributed by atoms with Gasteiger partial charge >= 0.3 is 0 Å². The highest BCUT2D eigenvalue weighted by Crippen LogP contribution is 2.28. The van der Waals surface area contributed by atoms with E-state index in [0.717, 1.165) is 29.2 Å². The standard InChI is InChI=1S/C21H23N3O2S/c1-3-15(4-2)20-23-24-21(27-20)22-19(25)18-13-9-8-10-16(18)14-26-17-11-6-5-7-12-17/h5-13,15H,3-4,14H2,1-2H3,(H,22,24,25). The molecule has 3 rings (SSSR count). The lowest BCUT2D eigenvalue weighted by molar-refractivity contribution is 0.102. The van der Waals surface area contributed by atoms with Crippen molar-refractivity contribution in [3.63, 3.8) is 0 Å². The topological polar surface area (TPSA) is 64.1 Å². The second kappa shape index (κ2) is 9.28. The highest BCUT2D eigenvalue weighted by atomic mass is 32.1. The summed E-state index contributed by atoms with van der Waals surface area (Å²) in [7, 11) is 0. The zero-order valence-corrected chi connectivity index (χ0v) is 16.3. The number of carbonyl (C=O) groups is 1. The first kappa shape index (κ1) is 19.0. The average Bonchev–Trinajstić information content (AvgIpc) is 3.16. The Morgan fingerprint density at radius 3 is 2.48 bits per heavy atom. The number of aromatic nitrogens is 2. The van der Waals surface area contributed by atoms with Gasteiger partial charge in [-0.15, -0.1) is 10.2 Å². The minimum atomic E-state index is -0.200. The maximum absolute atomic E-state index is 12.7. The van der Waals surface area contributed by atoms with Gasteiger partial charge in [0.15, 0.2) is 0 Å². The molecule has 0 bridgehead atoms. The van der Waals surface area contributed by atoms with Crippen molar-refractivity contribution >= 4 is 22.4 Å². The Labute approximate surface area is 163 Å². The second-order valence-corrected chi connectivity index (χ2v) is 7.18. The molecule has 1 N–H and O–H groups in total. The number of ether oxygens (including phenoxy) is 1. The monoisotopic (exact) mass is 381 g/mol. The summed E-state index contributed by atoms with van der Waals surface area (Å²) in [6.07, 6.45) is 2.03. The number of benzene rings is 2. The van der Waals surface area contributed by atoms with Crippen molar-refractivity contribution in [3.05, 3.63) is 70.7 Å². The third kappa shape index (κ3) is 4.92. The van der Waals surface area contributed by atoms with Gasteiger partial charge in [-0.05, 0) is 31.0 Å². The SMILES string of the molecule is CCC(CC)c1nnc(NC(=O)c2ccccc2COc2ccccc2)s1. The van der Waals surface area contributed by atoms with E-state index in [9.17, 15) is 4.79 Å². The molecular formula is C21H23N3O2S. The molecule has 0 aliphatic rings. The summed E-state index contributed by atoms with van der Waals surface area (Å²) in [5.41, 5.74) is 1.40. The molecule has 0 saturated carbocycles. The summed E-state index contributed by atoms with van der Waals surface area (Å²) in [4.78, 5) is 12.7. The van der Waals surface area contributed by atoms with Gasteiger partial charge in [-0.25, -0.2) is 0 Å². The molecule has 27 heavy (non-hydrogen) atoms. The van der Waals surface area contributed by atoms with Crippen molar-refractivity contribution < 1.29 is 9.53 Å². The summed E-state index contributed by atoms with van der Waals surface area (Å²) in [6, 6.07) is 17.0. The van der Waals surface area contributed by atoms with Gasteiger partial charge in [0.2, 0.25) is 5.13 Å². The van der Waals surface area contributed by atoms with Crippen molar-refractivity contribution in [3.8, 4) is 5.75 Å². The fourth-order valence-electron chi connectivity index (χ4n) is 2.80. The Morgan fingerprint density at radius 2 is 1.74 bits per heavy atom. The van der Waals surface area contributed by atoms with E-state index in [1.54, 1.807) is 6.07 Å². The molecule has 0 spiro atoms. The lowest BCUT2D eigenvalue weighted by atomic mass is 10.1. The molecule has 0 saturated heterocycles. The zero-order chi connectivity index (χ0) is 19.1. The third-order valence-corrected chi connectivity index (χ3v) is 5.40. The van der Waals surface area contributed by atoms with E-state index >= 15 is 0 Å². The number of para-hydroxylation sites is 1. The van der Waals surface area contributed by atoms with Gasteiger partial charge in [-0.3, -0.25) is 10.1 Å². The molecule has 0 atom stereocenters. The van der Waals surface area contributed by atoms with Crippen LogP contribution in [0.2, 0.25) is 0 Å². The van der Waals surface area contributed by atoms with E-state index in [1.165, 1.54) is 11.3 Å². The van der Waals surface area contributed by atoms with Gasteiger partial charge in [0.25, 0.3) is 5.91 Å². The molecule has 0 fully saturated rings. The maximum atomic E-state index is 12.7. The molecule has 6 heteroatoms. The van der Waals surface area contributed by atoms with Crippen LogP contribution in [0.1, 0.15) is 53.5 Å². The summed E-state index contributed by atoms with van der Waals surface area (Å²) in [6.45, 7) is 4.59. The molecule has 0 radical (unpaired) electrons. The average molecular weight is 382 g/mol. The number of amides is 1. The number of nitrogens with zero attached hydrogens (tertiary/aromatic N) is 2. The second-order valence-electron chi connectivity index (χ2n) is 6.17. The van der Waals surface area contributed by atoms with Crippen LogP contribution in [-0.2, 0) is 6.61 Å². The minimum Gasteiger partial charge on any atom is -0.489 e. The molecule has 2 aromatic carbocycles. The van der Waals surface area contributed by atoms with E-state index in [1.807, 2.05) is 48.5 Å². The van der Waals surface area contributed by atoms with Gasteiger partial charge in [-0.1, -0.05) is 61.6 Å². The highest BCUT2D eigenvalue weighted by Gasteiger charge is 2.17. The minimum absolute atomic E-state index is 0.200. The van der Waals surface area contributed by atoms with Crippen molar-refractivity contribution in [2.24, 2.45) is 0 Å². The Balaban J connectivity index is 1.70. The highest BCUT2D eigenvalue weighted by molar-refractivity contribution is 7.15. The lowest BCUT2D eigenvalue weighted by Crippen LogP contribution is -2.15. The van der Waals surface area contributed by atoms with Gasteiger partial charge in [0, 0.05) is 17.0 Å². The molecular weight excluding hydrogens is 358 g/mol. The predicted molar refractivity (Wildman–Crippen MR) is 108 cm³/mol. The van der Waals surface area contributed by atoms with Crippen LogP contribution >= 0.6 is 11.3 Å². The van der Waals surface area contributed by atoms with Gasteiger partial charge in [0.05, 0.1) is 0 Å². The summed E-state index contributed by atoms with van der Waals surface area (Å²) in [5.74, 6) is 0.959. The quantitative estimate of drug-likeness (QED) is 0.577. The number of rotatable bonds is 8. The van der Waals surface area contributed by atoms with E-state index in [4.69, 9.17) is 4.74 Å². The van der Waals surface area contributed by atoms with E-state index < -0.39 is 0 Å². The van der Waals surface area contributed by atoms with Crippen LogP contribution in [0.25, 0.3) is 0 Å². The van der Waals surface area contributed by atoms with Crippen molar-refractivity contribution in [2.45, 2.75) is 39.2 Å². The molecule has 5 nitrogen and oxygen atoms in total. The Hall–Kier alpha value is -2.73. The Kier molecular flexibility index (Phi) is 6.54. The van der Waals surface area contributed by atoms with Crippen molar-refractivity contribution in [1.82, 2.24) is 10.2 Å². The number of hydrogen-bond donors (Lipinski definition) is 1. The number of nitrogens with one attached hydrogen (secondary N) is 1. The maximum Gasteiger partial charge on any atom is 0.257 e. The van der Waals surface area contributed by atoms with Crippen LogP contribution in [0.3, 0.4) is 0 Å². The van der Waals surface area contributed by atoms with E-state index in [-0.39, 0.29) is 5.91 Å². The third-order valence-electron chi connectivity index (χ3n) is 4.40. The first-order valence-corrected chi connectivity index (χ1v) is 9.93. The smallest absolute Gasteiger partial charge is 0.257 e.